The van der Waals surface area contributed by atoms with E-state index in [0.717, 1.165) is 25.7 Å². The van der Waals surface area contributed by atoms with Crippen molar-refractivity contribution in [3.63, 3.8) is 0 Å². The van der Waals surface area contributed by atoms with Gasteiger partial charge in [-0.15, -0.1) is 0 Å². The number of aliphatic hydroxyl groups excluding tert-OH is 21. The largest absolute Gasteiger partial charge is 0.481 e. The van der Waals surface area contributed by atoms with Crippen LogP contribution in [0.2, 0.25) is 0 Å². The minimum atomic E-state index is -0.954. The van der Waals surface area contributed by atoms with Crippen LogP contribution < -0.4 is 0 Å². The van der Waals surface area contributed by atoms with Crippen molar-refractivity contribution in [2.75, 3.05) is 92.5 Å². The molecule has 25 nitrogen and oxygen atoms in total. The van der Waals surface area contributed by atoms with Crippen molar-refractivity contribution in [3.05, 3.63) is 0 Å². The number of unbranched alkanes of at least 4 members (excludes halogenated alkanes) is 20. The Kier molecular flexibility index (Phi) is 109. The molecule has 0 saturated carbocycles. The summed E-state index contributed by atoms with van der Waals surface area (Å²) in [5.41, 5.74) is 0. The van der Waals surface area contributed by atoms with E-state index in [2.05, 4.69) is 13.8 Å². The Morgan fingerprint density at radius 3 is 0.419 bits per heavy atom. The van der Waals surface area contributed by atoms with E-state index in [1.165, 1.54) is 116 Å². The first-order chi connectivity index (χ1) is 35.2. The zero-order chi connectivity index (χ0) is 59.1. The Bertz CT molecular complexity index is 771. The summed E-state index contributed by atoms with van der Waals surface area (Å²) in [6.45, 7) is -0.610. The van der Waals surface area contributed by atoms with Crippen molar-refractivity contribution in [3.8, 4) is 0 Å². The van der Waals surface area contributed by atoms with Crippen molar-refractivity contribution >= 4 is 11.9 Å². The van der Waals surface area contributed by atoms with Crippen molar-refractivity contribution in [2.24, 2.45) is 0 Å². The van der Waals surface area contributed by atoms with Crippen LogP contribution in [-0.2, 0) is 9.59 Å². The highest BCUT2D eigenvalue weighted by Crippen LogP contribution is 2.13. The molecule has 0 atom stereocenters. The molecule has 0 aromatic carbocycles. The molecule has 0 aliphatic rings. The number of aliphatic hydroxyl groups is 21. The lowest BCUT2D eigenvalue weighted by Crippen LogP contribution is -2.15. The molecule has 0 aromatic heterocycles. The van der Waals surface area contributed by atoms with Crippen LogP contribution in [0.4, 0.5) is 0 Å². The highest BCUT2D eigenvalue weighted by Gasteiger charge is 2.00. The van der Waals surface area contributed by atoms with Crippen molar-refractivity contribution < 1.29 is 127 Å². The molecule has 0 fully saturated rings. The second kappa shape index (κ2) is 87.7. The van der Waals surface area contributed by atoms with Crippen LogP contribution in [0.3, 0.4) is 0 Å². The predicted molar refractivity (Wildman–Crippen MR) is 279 cm³/mol. The lowest BCUT2D eigenvalue weighted by molar-refractivity contribution is -0.138. The van der Waals surface area contributed by atoms with Gasteiger partial charge in [-0.3, -0.25) is 9.59 Å². The van der Waals surface area contributed by atoms with Gasteiger partial charge in [0.25, 0.3) is 0 Å². The highest BCUT2D eigenvalue weighted by atomic mass is 16.4. The zero-order valence-corrected chi connectivity index (χ0v) is 45.0. The summed E-state index contributed by atoms with van der Waals surface area (Å²) < 4.78 is 0. The third-order valence-electron chi connectivity index (χ3n) is 8.94. The van der Waals surface area contributed by atoms with Gasteiger partial charge in [0.15, 0.2) is 0 Å². The molecule has 0 radical (unpaired) electrons. The molecule has 0 bridgehead atoms. The summed E-state index contributed by atoms with van der Waals surface area (Å²) in [4.78, 5) is 20.5. The van der Waals surface area contributed by atoms with Gasteiger partial charge < -0.3 is 117 Å². The number of rotatable bonds is 38. The summed E-state index contributed by atoms with van der Waals surface area (Å²) in [6.07, 6.45) is 22.0. The van der Waals surface area contributed by atoms with Gasteiger partial charge in [-0.05, 0) is 12.8 Å². The van der Waals surface area contributed by atoms with E-state index in [-0.39, 0.29) is 92.5 Å². The molecule has 0 aromatic rings. The van der Waals surface area contributed by atoms with Crippen LogP contribution >= 0.6 is 0 Å². The maximum Gasteiger partial charge on any atom is 0.303 e. The van der Waals surface area contributed by atoms with Gasteiger partial charge in [-0.1, -0.05) is 142 Å². The van der Waals surface area contributed by atoms with Crippen molar-refractivity contribution in [1.29, 1.82) is 0 Å². The quantitative estimate of drug-likeness (QED) is 0.0294. The SMILES string of the molecule is CCCCCCCCCCCCCC(=O)O.CCCCCCCCCCCCCC(=O)O.OCC(O)CO.OCC(O)CO.OCC(O)CO.OCC(O)CO.OCC(O)CO.OCC(O)CO.OCC(O)CO. The third-order valence-corrected chi connectivity index (χ3v) is 8.94. The summed E-state index contributed by atoms with van der Waals surface area (Å²) in [5, 5.41) is 185. The first-order valence-corrected chi connectivity index (χ1v) is 25.9. The van der Waals surface area contributed by atoms with Gasteiger partial charge in [0, 0.05) is 12.8 Å². The van der Waals surface area contributed by atoms with Gasteiger partial charge in [0.2, 0.25) is 0 Å². The fraction of sp³-hybridized carbons (Fsp3) is 0.959. The number of hydrogen-bond acceptors (Lipinski definition) is 23. The number of carboxylic acid groups (broad SMARTS) is 2. The number of carbonyl (C=O) groups is 2. The molecule has 0 aliphatic heterocycles. The van der Waals surface area contributed by atoms with E-state index in [0.29, 0.717) is 12.8 Å². The first kappa shape index (κ1) is 91.5. The average Bonchev–Trinajstić information content (AvgIpc) is 3.43. The number of aliphatic carboxylic acids is 2. The monoisotopic (exact) mass is 1100 g/mol. The standard InChI is InChI=1S/2C14H28O2.7C3H8O3/c2*1-2-3-4-5-6-7-8-9-10-11-12-13-14(15)16;7*4-1-3(6)2-5/h2*2-13H2,1H3,(H,15,16);7*3-6H,1-2H2. The maximum atomic E-state index is 10.3. The molecule has 0 heterocycles. The predicted octanol–water partition coefficient (Wildman–Crippen LogP) is -2.13. The summed E-state index contributed by atoms with van der Waals surface area (Å²) in [7, 11) is 0. The second-order valence-corrected chi connectivity index (χ2v) is 16.5. The van der Waals surface area contributed by atoms with Crippen LogP contribution in [0.25, 0.3) is 0 Å². The van der Waals surface area contributed by atoms with Gasteiger partial charge >= 0.3 is 11.9 Å². The minimum absolute atomic E-state index is 0.344. The van der Waals surface area contributed by atoms with Crippen LogP contribution in [0.1, 0.15) is 168 Å². The summed E-state index contributed by atoms with van der Waals surface area (Å²) in [5.74, 6) is -1.31. The third kappa shape index (κ3) is 123. The molecular formula is C49H112O25. The lowest BCUT2D eigenvalue weighted by Gasteiger charge is -2.01. The van der Waals surface area contributed by atoms with Crippen LogP contribution in [0.5, 0.6) is 0 Å². The molecule has 458 valence electrons. The van der Waals surface area contributed by atoms with Crippen LogP contribution in [0, 0.1) is 0 Å². The number of hydrogen-bond donors (Lipinski definition) is 23. The van der Waals surface area contributed by atoms with E-state index >= 15 is 0 Å². The van der Waals surface area contributed by atoms with E-state index in [4.69, 9.17) is 117 Å². The van der Waals surface area contributed by atoms with Gasteiger partial charge in [0.1, 0.15) is 42.7 Å². The molecule has 74 heavy (non-hydrogen) atoms. The first-order valence-electron chi connectivity index (χ1n) is 25.9. The summed E-state index contributed by atoms with van der Waals surface area (Å²) in [6, 6.07) is 0. The molecule has 0 unspecified atom stereocenters. The van der Waals surface area contributed by atoms with E-state index in [9.17, 15) is 9.59 Å². The number of carboxylic acids is 2. The topological polar surface area (TPSA) is 499 Å². The molecular weight excluding hydrogens is 989 g/mol. The minimum Gasteiger partial charge on any atom is -0.481 e. The van der Waals surface area contributed by atoms with Gasteiger partial charge in [-0.2, -0.15) is 0 Å². The Morgan fingerprint density at radius 1 is 0.230 bits per heavy atom. The molecule has 0 rings (SSSR count). The van der Waals surface area contributed by atoms with E-state index in [1.807, 2.05) is 0 Å². The van der Waals surface area contributed by atoms with E-state index < -0.39 is 54.7 Å². The highest BCUT2D eigenvalue weighted by molar-refractivity contribution is 5.66. The van der Waals surface area contributed by atoms with Gasteiger partial charge in [0.05, 0.1) is 92.5 Å². The Balaban J connectivity index is -0.0000000958. The molecule has 0 amide bonds. The molecule has 23 N–H and O–H groups in total. The Hall–Kier alpha value is -1.90. The molecule has 25 heteroatoms. The van der Waals surface area contributed by atoms with Crippen LogP contribution in [0.15, 0.2) is 0 Å². The van der Waals surface area contributed by atoms with Crippen molar-refractivity contribution in [1.82, 2.24) is 0 Å². The molecule has 0 spiro atoms. The lowest BCUT2D eigenvalue weighted by atomic mass is 10.1. The van der Waals surface area contributed by atoms with Crippen LogP contribution in [-0.4, -0.2) is 265 Å². The smallest absolute Gasteiger partial charge is 0.303 e. The second-order valence-electron chi connectivity index (χ2n) is 16.5. The Labute approximate surface area is 441 Å². The summed E-state index contributed by atoms with van der Waals surface area (Å²) >= 11 is 0. The fourth-order valence-corrected chi connectivity index (χ4v) is 4.29. The molecule has 0 aliphatic carbocycles. The van der Waals surface area contributed by atoms with Gasteiger partial charge in [-0.25, -0.2) is 0 Å². The van der Waals surface area contributed by atoms with Crippen molar-refractivity contribution in [2.45, 2.75) is 211 Å². The zero-order valence-electron chi connectivity index (χ0n) is 45.0. The Morgan fingerprint density at radius 2 is 0.338 bits per heavy atom. The fourth-order valence-electron chi connectivity index (χ4n) is 4.29. The average molecular weight is 1100 g/mol. The normalized spacial score (nSPS) is 10.2. The molecule has 0 saturated heterocycles. The maximum absolute atomic E-state index is 10.3. The van der Waals surface area contributed by atoms with E-state index in [1.54, 1.807) is 0 Å².